The number of carbonyl (C=O) groups excluding carboxylic acids is 1. The van der Waals surface area contributed by atoms with Crippen molar-refractivity contribution in [3.8, 4) is 11.5 Å². The number of amides is 1. The number of rotatable bonds is 7. The minimum Gasteiger partial charge on any atom is -0.454 e. The third-order valence-electron chi connectivity index (χ3n) is 7.18. The maximum absolute atomic E-state index is 13.3. The highest BCUT2D eigenvalue weighted by atomic mass is 19.4. The predicted octanol–water partition coefficient (Wildman–Crippen LogP) is 5.22. The number of halogens is 6. The van der Waals surface area contributed by atoms with Crippen molar-refractivity contribution in [3.63, 3.8) is 0 Å². The van der Waals surface area contributed by atoms with Gasteiger partial charge in [-0.25, -0.2) is 0 Å². The number of hydrogen-bond donors (Lipinski definition) is 0. The van der Waals surface area contributed by atoms with Gasteiger partial charge in [0.2, 0.25) is 12.7 Å². The number of alkyl halides is 6. The molecule has 4 rings (SSSR count). The first kappa shape index (κ1) is 29.0. The first-order chi connectivity index (χ1) is 18.2. The molecule has 0 bridgehead atoms. The molecule has 1 amide bonds. The first-order valence-electron chi connectivity index (χ1n) is 12.6. The second-order valence-corrected chi connectivity index (χ2v) is 10.1. The van der Waals surface area contributed by atoms with E-state index in [-0.39, 0.29) is 31.0 Å². The molecule has 2 aliphatic rings. The maximum Gasteiger partial charge on any atom is 0.416 e. The molecular formula is C27H31F6N3O3. The SMILES string of the molecule is CC(C)N1CCN(C(CN(C)C(=O)Cc2cc(C(F)(F)F)cc(C(F)(F)F)c2)c2cccc3c2OCO3)CC1. The number of likely N-dealkylation sites (N-methyl/N-ethyl adjacent to an activating group) is 1. The van der Waals surface area contributed by atoms with Crippen LogP contribution in [-0.4, -0.2) is 73.2 Å². The molecule has 0 saturated carbocycles. The van der Waals surface area contributed by atoms with Gasteiger partial charge in [0.05, 0.1) is 23.6 Å². The van der Waals surface area contributed by atoms with Gasteiger partial charge in [0.1, 0.15) is 0 Å². The predicted molar refractivity (Wildman–Crippen MR) is 131 cm³/mol. The Morgan fingerprint density at radius 3 is 2.08 bits per heavy atom. The zero-order valence-electron chi connectivity index (χ0n) is 21.9. The van der Waals surface area contributed by atoms with Crippen molar-refractivity contribution in [2.75, 3.05) is 46.6 Å². The van der Waals surface area contributed by atoms with E-state index in [0.29, 0.717) is 42.8 Å². The summed E-state index contributed by atoms with van der Waals surface area (Å²) in [6.07, 6.45) is -10.6. The topological polar surface area (TPSA) is 45.2 Å². The number of piperazine rings is 1. The molecule has 1 saturated heterocycles. The summed E-state index contributed by atoms with van der Waals surface area (Å²) in [6.45, 7) is 7.48. The maximum atomic E-state index is 13.3. The van der Waals surface area contributed by atoms with Crippen molar-refractivity contribution in [3.05, 3.63) is 58.7 Å². The Kier molecular flexibility index (Phi) is 8.36. The van der Waals surface area contributed by atoms with Gasteiger partial charge in [-0.3, -0.25) is 14.6 Å². The van der Waals surface area contributed by atoms with Crippen LogP contribution < -0.4 is 9.47 Å². The molecule has 0 radical (unpaired) electrons. The minimum absolute atomic E-state index is 0.0581. The van der Waals surface area contributed by atoms with E-state index in [9.17, 15) is 31.1 Å². The molecule has 2 heterocycles. The van der Waals surface area contributed by atoms with Gasteiger partial charge in [-0.15, -0.1) is 0 Å². The van der Waals surface area contributed by atoms with E-state index in [2.05, 4.69) is 23.6 Å². The minimum atomic E-state index is -4.98. The van der Waals surface area contributed by atoms with Crippen molar-refractivity contribution < 1.29 is 40.6 Å². The van der Waals surface area contributed by atoms with Gasteiger partial charge in [0.15, 0.2) is 11.5 Å². The standard InChI is InChI=1S/C27H31F6N3O3/c1-17(2)35-7-9-36(10-8-35)22(21-5-4-6-23-25(21)39-16-38-23)15-34(3)24(37)13-18-11-19(26(28,29)30)14-20(12-18)27(31,32)33/h4-6,11-12,14,17,22H,7-10,13,15-16H2,1-3H3. The zero-order chi connectivity index (χ0) is 28.5. The van der Waals surface area contributed by atoms with Crippen LogP contribution in [0.25, 0.3) is 0 Å². The van der Waals surface area contributed by atoms with Crippen molar-refractivity contribution in [1.29, 1.82) is 0 Å². The Morgan fingerprint density at radius 1 is 0.923 bits per heavy atom. The monoisotopic (exact) mass is 559 g/mol. The summed E-state index contributed by atoms with van der Waals surface area (Å²) in [6, 6.07) is 6.79. The molecule has 1 fully saturated rings. The summed E-state index contributed by atoms with van der Waals surface area (Å²) in [5.41, 5.74) is -2.43. The Morgan fingerprint density at radius 2 is 1.51 bits per heavy atom. The molecule has 1 atom stereocenters. The number of ether oxygens (including phenoxy) is 2. The normalized spacial score (nSPS) is 17.5. The average Bonchev–Trinajstić information content (AvgIpc) is 3.35. The van der Waals surface area contributed by atoms with Crippen molar-refractivity contribution in [1.82, 2.24) is 14.7 Å². The molecule has 2 aliphatic heterocycles. The van der Waals surface area contributed by atoms with Gasteiger partial charge in [-0.1, -0.05) is 12.1 Å². The summed E-state index contributed by atoms with van der Waals surface area (Å²) in [5, 5.41) is 0. The highest BCUT2D eigenvalue weighted by Crippen LogP contribution is 2.41. The van der Waals surface area contributed by atoms with Gasteiger partial charge < -0.3 is 14.4 Å². The van der Waals surface area contributed by atoms with Crippen LogP contribution in [0.1, 0.15) is 42.1 Å². The lowest BCUT2D eigenvalue weighted by Crippen LogP contribution is -2.51. The molecule has 6 nitrogen and oxygen atoms in total. The van der Waals surface area contributed by atoms with Gasteiger partial charge in [-0.2, -0.15) is 26.3 Å². The molecule has 1 unspecified atom stereocenters. The lowest BCUT2D eigenvalue weighted by atomic mass is 10.00. The molecule has 214 valence electrons. The van der Waals surface area contributed by atoms with Crippen LogP contribution in [0.4, 0.5) is 26.3 Å². The highest BCUT2D eigenvalue weighted by Gasteiger charge is 2.37. The summed E-state index contributed by atoms with van der Waals surface area (Å²) in [4.78, 5) is 19.0. The van der Waals surface area contributed by atoms with Gasteiger partial charge >= 0.3 is 12.4 Å². The smallest absolute Gasteiger partial charge is 0.416 e. The molecule has 2 aromatic rings. The third kappa shape index (κ3) is 6.78. The van der Waals surface area contributed by atoms with E-state index in [4.69, 9.17) is 9.47 Å². The van der Waals surface area contributed by atoms with Crippen LogP contribution in [0.2, 0.25) is 0 Å². The molecule has 0 N–H and O–H groups in total. The Bertz CT molecular complexity index is 1140. The van der Waals surface area contributed by atoms with Crippen LogP contribution in [0, 0.1) is 0 Å². The fourth-order valence-electron chi connectivity index (χ4n) is 4.98. The molecule has 0 aromatic heterocycles. The molecule has 2 aromatic carbocycles. The van der Waals surface area contributed by atoms with Crippen LogP contribution in [0.15, 0.2) is 36.4 Å². The number of nitrogens with zero attached hydrogens (tertiary/aromatic N) is 3. The Hall–Kier alpha value is -2.99. The molecule has 0 spiro atoms. The van der Waals surface area contributed by atoms with E-state index < -0.39 is 35.8 Å². The van der Waals surface area contributed by atoms with Gasteiger partial charge in [-0.05, 0) is 43.7 Å². The second-order valence-electron chi connectivity index (χ2n) is 10.1. The van der Waals surface area contributed by atoms with E-state index in [1.807, 2.05) is 12.1 Å². The fourth-order valence-corrected chi connectivity index (χ4v) is 4.98. The van der Waals surface area contributed by atoms with Crippen molar-refractivity contribution in [2.45, 2.75) is 44.7 Å². The largest absolute Gasteiger partial charge is 0.454 e. The Balaban J connectivity index is 1.57. The first-order valence-corrected chi connectivity index (χ1v) is 12.6. The number of carbonyl (C=O) groups is 1. The van der Waals surface area contributed by atoms with Crippen LogP contribution in [0.5, 0.6) is 11.5 Å². The van der Waals surface area contributed by atoms with Gasteiger partial charge in [0.25, 0.3) is 0 Å². The number of benzene rings is 2. The third-order valence-corrected chi connectivity index (χ3v) is 7.18. The number of fused-ring (bicyclic) bond motifs is 1. The van der Waals surface area contributed by atoms with Crippen LogP contribution >= 0.6 is 0 Å². The van der Waals surface area contributed by atoms with Crippen LogP contribution in [0.3, 0.4) is 0 Å². The molecule has 12 heteroatoms. The van der Waals surface area contributed by atoms with E-state index >= 15 is 0 Å². The quantitative estimate of drug-likeness (QED) is 0.436. The summed E-state index contributed by atoms with van der Waals surface area (Å²) in [5.74, 6) is 0.552. The highest BCUT2D eigenvalue weighted by molar-refractivity contribution is 5.78. The van der Waals surface area contributed by atoms with E-state index in [1.54, 1.807) is 6.07 Å². The second kappa shape index (κ2) is 11.2. The van der Waals surface area contributed by atoms with E-state index in [0.717, 1.165) is 18.7 Å². The lowest BCUT2D eigenvalue weighted by Gasteiger charge is -2.42. The summed E-state index contributed by atoms with van der Waals surface area (Å²) in [7, 11) is 1.50. The molecule has 39 heavy (non-hydrogen) atoms. The van der Waals surface area contributed by atoms with E-state index in [1.165, 1.54) is 11.9 Å². The zero-order valence-corrected chi connectivity index (χ0v) is 21.9. The van der Waals surface area contributed by atoms with Gasteiger partial charge in [0, 0.05) is 51.4 Å². The molecular weight excluding hydrogens is 528 g/mol. The van der Waals surface area contributed by atoms with Crippen molar-refractivity contribution in [2.24, 2.45) is 0 Å². The summed E-state index contributed by atoms with van der Waals surface area (Å²) >= 11 is 0. The fraction of sp³-hybridized carbons (Fsp3) is 0.519. The summed E-state index contributed by atoms with van der Waals surface area (Å²) < 4.78 is 91.0. The Labute approximate surface area is 223 Å². The lowest BCUT2D eigenvalue weighted by molar-refractivity contribution is -0.143. The number of para-hydroxylation sites is 1. The number of hydrogen-bond acceptors (Lipinski definition) is 5. The molecule has 0 aliphatic carbocycles. The van der Waals surface area contributed by atoms with Crippen LogP contribution in [-0.2, 0) is 23.6 Å². The average molecular weight is 560 g/mol. The van der Waals surface area contributed by atoms with Crippen molar-refractivity contribution >= 4 is 5.91 Å².